The maximum atomic E-state index is 9.51. The van der Waals surface area contributed by atoms with Gasteiger partial charge < -0.3 is 9.63 Å². The lowest BCUT2D eigenvalue weighted by Crippen LogP contribution is -2.34. The SMILES string of the molecule is CCC(CO)(COPC)C[P+](C)(C)C. The van der Waals surface area contributed by atoms with Crippen LogP contribution in [0, 0.1) is 5.41 Å². The lowest BCUT2D eigenvalue weighted by Gasteiger charge is -2.32. The van der Waals surface area contributed by atoms with Gasteiger partial charge in [-0.05, 0) is 13.1 Å². The van der Waals surface area contributed by atoms with E-state index in [-0.39, 0.29) is 12.0 Å². The van der Waals surface area contributed by atoms with Crippen molar-refractivity contribution in [2.45, 2.75) is 13.3 Å². The summed E-state index contributed by atoms with van der Waals surface area (Å²) < 4.78 is 5.51. The van der Waals surface area contributed by atoms with E-state index in [1.54, 1.807) is 0 Å². The predicted molar refractivity (Wildman–Crippen MR) is 69.6 cm³/mol. The van der Waals surface area contributed by atoms with Crippen LogP contribution in [0.1, 0.15) is 13.3 Å². The van der Waals surface area contributed by atoms with Crippen LogP contribution in [0.4, 0.5) is 0 Å². The average Bonchev–Trinajstić information content (AvgIpc) is 2.10. The number of hydrogen-bond donors (Lipinski definition) is 1. The van der Waals surface area contributed by atoms with Gasteiger partial charge in [-0.1, -0.05) is 6.92 Å². The molecule has 0 heterocycles. The largest absolute Gasteiger partial charge is 0.396 e. The molecule has 0 aliphatic carbocycles. The second-order valence-electron chi connectivity index (χ2n) is 4.95. The lowest BCUT2D eigenvalue weighted by atomic mass is 9.90. The van der Waals surface area contributed by atoms with Gasteiger partial charge in [-0.25, -0.2) is 0 Å². The molecule has 14 heavy (non-hydrogen) atoms. The highest BCUT2D eigenvalue weighted by Gasteiger charge is 2.36. The quantitative estimate of drug-likeness (QED) is 0.692. The highest BCUT2D eigenvalue weighted by atomic mass is 31.2. The van der Waals surface area contributed by atoms with Crippen molar-refractivity contribution in [1.29, 1.82) is 0 Å². The molecule has 4 heteroatoms. The summed E-state index contributed by atoms with van der Waals surface area (Å²) in [6, 6.07) is 0. The van der Waals surface area contributed by atoms with Gasteiger partial charge >= 0.3 is 0 Å². The van der Waals surface area contributed by atoms with Crippen LogP contribution in [0.25, 0.3) is 0 Å². The molecule has 0 rings (SSSR count). The molecule has 0 spiro atoms. The first-order valence-corrected chi connectivity index (χ1v) is 9.81. The minimum Gasteiger partial charge on any atom is -0.396 e. The maximum Gasteiger partial charge on any atom is 0.0686 e. The zero-order valence-corrected chi connectivity index (χ0v) is 12.0. The first kappa shape index (κ1) is 14.8. The fourth-order valence-electron chi connectivity index (χ4n) is 1.70. The zero-order valence-electron chi connectivity index (χ0n) is 10.1. The Labute approximate surface area is 91.0 Å². The Kier molecular flexibility index (Phi) is 6.74. The number of hydrogen-bond acceptors (Lipinski definition) is 2. The molecule has 0 aliphatic heterocycles. The molecule has 0 saturated heterocycles. The Bertz CT molecular complexity index is 151. The molecule has 0 bridgehead atoms. The fraction of sp³-hybridized carbons (Fsp3) is 1.00. The predicted octanol–water partition coefficient (Wildman–Crippen LogP) is 2.52. The van der Waals surface area contributed by atoms with Crippen molar-refractivity contribution < 1.29 is 9.63 Å². The topological polar surface area (TPSA) is 29.5 Å². The van der Waals surface area contributed by atoms with Crippen LogP contribution in [0.2, 0.25) is 0 Å². The Morgan fingerprint density at radius 3 is 2.21 bits per heavy atom. The van der Waals surface area contributed by atoms with Gasteiger partial charge in [0, 0.05) is 36.1 Å². The highest BCUT2D eigenvalue weighted by Crippen LogP contribution is 2.52. The first-order chi connectivity index (χ1) is 6.39. The molecule has 0 aromatic rings. The van der Waals surface area contributed by atoms with Gasteiger partial charge in [0.1, 0.15) is 0 Å². The molecule has 0 radical (unpaired) electrons. The number of aliphatic hydroxyl groups excluding tert-OH is 1. The summed E-state index contributed by atoms with van der Waals surface area (Å²) in [6.45, 7) is 12.1. The van der Waals surface area contributed by atoms with Crippen molar-refractivity contribution in [3.05, 3.63) is 0 Å². The van der Waals surface area contributed by atoms with Crippen LogP contribution in [-0.2, 0) is 4.52 Å². The van der Waals surface area contributed by atoms with E-state index in [0.717, 1.165) is 12.6 Å². The van der Waals surface area contributed by atoms with Crippen LogP contribution >= 0.6 is 16.1 Å². The zero-order chi connectivity index (χ0) is 11.2. The van der Waals surface area contributed by atoms with E-state index in [0.29, 0.717) is 15.4 Å². The smallest absolute Gasteiger partial charge is 0.0686 e. The second kappa shape index (κ2) is 6.38. The molecule has 86 valence electrons. The molecule has 0 aliphatic rings. The van der Waals surface area contributed by atoms with Gasteiger partial charge in [-0.3, -0.25) is 0 Å². The molecule has 2 nitrogen and oxygen atoms in total. The van der Waals surface area contributed by atoms with Crippen LogP contribution < -0.4 is 0 Å². The maximum absolute atomic E-state index is 9.51. The summed E-state index contributed by atoms with van der Waals surface area (Å²) in [4.78, 5) is 0. The summed E-state index contributed by atoms with van der Waals surface area (Å²) in [6.07, 6.45) is 2.13. The standard InChI is InChI=1S/C10H25O2P2/c1-6-10(7-11,8-12-13-2)9-14(3,4)5/h11,13H,6-9H2,1-5H3/q+1. The third kappa shape index (κ3) is 5.61. The van der Waals surface area contributed by atoms with Gasteiger partial charge in [0.2, 0.25) is 0 Å². The van der Waals surface area contributed by atoms with E-state index < -0.39 is 7.26 Å². The van der Waals surface area contributed by atoms with Crippen molar-refractivity contribution in [1.82, 2.24) is 0 Å². The van der Waals surface area contributed by atoms with E-state index >= 15 is 0 Å². The third-order valence-electron chi connectivity index (χ3n) is 2.42. The molecule has 2 atom stereocenters. The van der Waals surface area contributed by atoms with Crippen molar-refractivity contribution in [3.8, 4) is 0 Å². The van der Waals surface area contributed by atoms with Gasteiger partial charge in [-0.15, -0.1) is 0 Å². The molecule has 0 aromatic carbocycles. The Morgan fingerprint density at radius 1 is 1.36 bits per heavy atom. The van der Waals surface area contributed by atoms with Crippen molar-refractivity contribution in [2.24, 2.45) is 5.41 Å². The molecule has 0 amide bonds. The summed E-state index contributed by atoms with van der Waals surface area (Å²) in [7, 11) is -0.322. The summed E-state index contributed by atoms with van der Waals surface area (Å²) >= 11 is 0. The fourth-order valence-corrected chi connectivity index (χ4v) is 4.58. The van der Waals surface area contributed by atoms with Gasteiger partial charge in [-0.2, -0.15) is 0 Å². The minimum atomic E-state index is -0.847. The van der Waals surface area contributed by atoms with Crippen LogP contribution in [-0.4, -0.2) is 51.1 Å². The van der Waals surface area contributed by atoms with Gasteiger partial charge in [0.05, 0.1) is 24.8 Å². The summed E-state index contributed by atoms with van der Waals surface area (Å²) in [5, 5.41) is 9.51. The first-order valence-electron chi connectivity index (χ1n) is 5.09. The molecule has 2 unspecified atom stereocenters. The molecule has 0 saturated carbocycles. The van der Waals surface area contributed by atoms with E-state index in [1.165, 1.54) is 0 Å². The minimum absolute atomic E-state index is 0.00897. The monoisotopic (exact) mass is 239 g/mol. The van der Waals surface area contributed by atoms with E-state index in [4.69, 9.17) is 4.52 Å². The Morgan fingerprint density at radius 2 is 1.93 bits per heavy atom. The Balaban J connectivity index is 4.36. The molecule has 0 fully saturated rings. The lowest BCUT2D eigenvalue weighted by molar-refractivity contribution is 0.0892. The second-order valence-corrected chi connectivity index (χ2v) is 10.5. The normalized spacial score (nSPS) is 17.6. The van der Waals surface area contributed by atoms with Gasteiger partial charge in [0.25, 0.3) is 0 Å². The molecule has 1 N–H and O–H groups in total. The molecule has 0 aromatic heterocycles. The van der Waals surface area contributed by atoms with Crippen molar-refractivity contribution in [3.63, 3.8) is 0 Å². The van der Waals surface area contributed by atoms with Gasteiger partial charge in [0.15, 0.2) is 0 Å². The summed E-state index contributed by atoms with van der Waals surface area (Å²) in [5.74, 6) is 0. The van der Waals surface area contributed by atoms with Crippen LogP contribution in [0.5, 0.6) is 0 Å². The van der Waals surface area contributed by atoms with Crippen LogP contribution in [0.3, 0.4) is 0 Å². The Hall–Kier alpha value is 0.780. The van der Waals surface area contributed by atoms with Crippen molar-refractivity contribution in [2.75, 3.05) is 46.0 Å². The molecular weight excluding hydrogens is 214 g/mol. The van der Waals surface area contributed by atoms with Crippen molar-refractivity contribution >= 4 is 16.1 Å². The summed E-state index contributed by atoms with van der Waals surface area (Å²) in [5.41, 5.74) is 0.00897. The van der Waals surface area contributed by atoms with Crippen LogP contribution in [0.15, 0.2) is 0 Å². The number of aliphatic hydroxyl groups is 1. The van der Waals surface area contributed by atoms with E-state index in [9.17, 15) is 5.11 Å². The average molecular weight is 239 g/mol. The molecular formula is C10H25O2P2+. The van der Waals surface area contributed by atoms with E-state index in [2.05, 4.69) is 26.9 Å². The number of rotatable bonds is 7. The third-order valence-corrected chi connectivity index (χ3v) is 4.47. The highest BCUT2D eigenvalue weighted by molar-refractivity contribution is 7.73. The van der Waals surface area contributed by atoms with E-state index in [1.807, 2.05) is 6.66 Å².